The zero-order valence-electron chi connectivity index (χ0n) is 18.4. The number of carbonyl (C=O) groups excluding carboxylic acids is 3. The van der Waals surface area contributed by atoms with Gasteiger partial charge in [0.05, 0.1) is 13.2 Å². The Morgan fingerprint density at radius 3 is 2.31 bits per heavy atom. The van der Waals surface area contributed by atoms with Crippen LogP contribution in [-0.2, 0) is 9.53 Å². The molecule has 0 saturated heterocycles. The van der Waals surface area contributed by atoms with Gasteiger partial charge in [-0.1, -0.05) is 12.1 Å². The summed E-state index contributed by atoms with van der Waals surface area (Å²) in [7, 11) is 3.29. The highest BCUT2D eigenvalue weighted by Crippen LogP contribution is 2.14. The molecule has 2 aromatic rings. The second kappa shape index (κ2) is 11.5. The van der Waals surface area contributed by atoms with Gasteiger partial charge in [0.1, 0.15) is 17.6 Å². The third kappa shape index (κ3) is 6.83. The smallest absolute Gasteiger partial charge is 0.328 e. The second-order valence-corrected chi connectivity index (χ2v) is 7.13. The van der Waals surface area contributed by atoms with E-state index in [2.05, 4.69) is 5.32 Å². The predicted molar refractivity (Wildman–Crippen MR) is 120 cm³/mol. The first-order valence-electron chi connectivity index (χ1n) is 10.1. The molecule has 0 saturated carbocycles. The first-order valence-corrected chi connectivity index (χ1v) is 10.1. The summed E-state index contributed by atoms with van der Waals surface area (Å²) in [6, 6.07) is 12.0. The van der Waals surface area contributed by atoms with Gasteiger partial charge >= 0.3 is 5.97 Å². The van der Waals surface area contributed by atoms with Crippen molar-refractivity contribution in [1.29, 1.82) is 5.41 Å². The molecule has 0 spiro atoms. The molecule has 0 aliphatic carbocycles. The lowest BCUT2D eigenvalue weighted by atomic mass is 10.1. The Kier molecular flexibility index (Phi) is 8.76. The molecule has 0 radical (unpaired) electrons. The van der Waals surface area contributed by atoms with Crippen LogP contribution in [0.15, 0.2) is 48.5 Å². The van der Waals surface area contributed by atoms with E-state index in [1.54, 1.807) is 57.4 Å². The summed E-state index contributed by atoms with van der Waals surface area (Å²) in [6.07, 6.45) is 0.173. The lowest BCUT2D eigenvalue weighted by molar-refractivity contribution is -0.145. The van der Waals surface area contributed by atoms with Crippen molar-refractivity contribution in [1.82, 2.24) is 10.2 Å². The summed E-state index contributed by atoms with van der Waals surface area (Å²) in [5.74, 6) is -0.794. The standard InChI is InChI=1S/C23H28N4O5/c1-4-31-23(30)19(12-13-32-18-7-5-6-17(14-18)20(24)25)26-21(28)15-8-10-16(11-9-15)22(29)27(2)3/h5-11,14,19H,4,12-13H2,1-3H3,(H3,24,25)(H,26,28)/t19-/m0/s1. The van der Waals surface area contributed by atoms with Gasteiger partial charge < -0.3 is 25.4 Å². The van der Waals surface area contributed by atoms with Crippen molar-refractivity contribution in [2.45, 2.75) is 19.4 Å². The molecule has 32 heavy (non-hydrogen) atoms. The van der Waals surface area contributed by atoms with Gasteiger partial charge in [-0.3, -0.25) is 15.0 Å². The van der Waals surface area contributed by atoms with E-state index >= 15 is 0 Å². The molecule has 1 atom stereocenters. The maximum atomic E-state index is 12.6. The van der Waals surface area contributed by atoms with E-state index < -0.39 is 17.9 Å². The van der Waals surface area contributed by atoms with E-state index in [0.717, 1.165) is 0 Å². The second-order valence-electron chi connectivity index (χ2n) is 7.13. The molecule has 0 bridgehead atoms. The molecule has 2 rings (SSSR count). The first-order chi connectivity index (χ1) is 15.2. The third-order valence-electron chi connectivity index (χ3n) is 4.50. The average Bonchev–Trinajstić information content (AvgIpc) is 2.78. The van der Waals surface area contributed by atoms with Crippen LogP contribution >= 0.6 is 0 Å². The van der Waals surface area contributed by atoms with Crippen LogP contribution in [-0.4, -0.2) is 61.9 Å². The fraction of sp³-hybridized carbons (Fsp3) is 0.304. The molecule has 2 aromatic carbocycles. The minimum absolute atomic E-state index is 0.0783. The van der Waals surface area contributed by atoms with Crippen molar-refractivity contribution in [3.63, 3.8) is 0 Å². The van der Waals surface area contributed by atoms with E-state index in [1.807, 2.05) is 0 Å². The van der Waals surface area contributed by atoms with Gasteiger partial charge in [0.15, 0.2) is 0 Å². The van der Waals surface area contributed by atoms with E-state index in [9.17, 15) is 14.4 Å². The van der Waals surface area contributed by atoms with Crippen LogP contribution in [0.2, 0.25) is 0 Å². The molecule has 170 valence electrons. The quantitative estimate of drug-likeness (QED) is 0.293. The number of nitrogens with zero attached hydrogens (tertiary/aromatic N) is 1. The normalized spacial score (nSPS) is 11.2. The number of nitrogen functional groups attached to an aromatic ring is 1. The number of hydrogen-bond donors (Lipinski definition) is 3. The van der Waals surface area contributed by atoms with E-state index in [4.69, 9.17) is 20.6 Å². The molecule has 0 heterocycles. The fourth-order valence-electron chi connectivity index (χ4n) is 2.80. The molecule has 0 fully saturated rings. The van der Waals surface area contributed by atoms with Crippen molar-refractivity contribution in [3.8, 4) is 5.75 Å². The number of esters is 1. The Labute approximate surface area is 187 Å². The molecule has 0 aliphatic heterocycles. The van der Waals surface area contributed by atoms with Crippen LogP contribution in [0.25, 0.3) is 0 Å². The third-order valence-corrected chi connectivity index (χ3v) is 4.50. The Morgan fingerprint density at radius 2 is 1.72 bits per heavy atom. The van der Waals surface area contributed by atoms with Crippen molar-refractivity contribution in [2.75, 3.05) is 27.3 Å². The summed E-state index contributed by atoms with van der Waals surface area (Å²) in [5.41, 5.74) is 6.77. The molecular weight excluding hydrogens is 412 g/mol. The van der Waals surface area contributed by atoms with Crippen LogP contribution in [0.1, 0.15) is 39.6 Å². The topological polar surface area (TPSA) is 135 Å². The summed E-state index contributed by atoms with van der Waals surface area (Å²) in [5, 5.41) is 10.2. The molecule has 0 aliphatic rings. The van der Waals surface area contributed by atoms with Crippen LogP contribution < -0.4 is 15.8 Å². The average molecular weight is 441 g/mol. The molecule has 2 amide bonds. The minimum Gasteiger partial charge on any atom is -0.493 e. The van der Waals surface area contributed by atoms with Crippen LogP contribution in [0.3, 0.4) is 0 Å². The van der Waals surface area contributed by atoms with Gasteiger partial charge in [-0.25, -0.2) is 4.79 Å². The maximum Gasteiger partial charge on any atom is 0.328 e. The van der Waals surface area contributed by atoms with Gasteiger partial charge in [0.25, 0.3) is 11.8 Å². The van der Waals surface area contributed by atoms with E-state index in [-0.39, 0.29) is 31.4 Å². The van der Waals surface area contributed by atoms with Crippen molar-refractivity contribution in [3.05, 3.63) is 65.2 Å². The molecule has 9 nitrogen and oxygen atoms in total. The number of hydrogen-bond acceptors (Lipinski definition) is 6. The van der Waals surface area contributed by atoms with Crippen molar-refractivity contribution >= 4 is 23.6 Å². The number of benzene rings is 2. The lowest BCUT2D eigenvalue weighted by Crippen LogP contribution is -2.42. The molecular formula is C23H28N4O5. The molecule has 0 unspecified atom stereocenters. The highest BCUT2D eigenvalue weighted by Gasteiger charge is 2.23. The molecule has 9 heteroatoms. The van der Waals surface area contributed by atoms with E-state index in [0.29, 0.717) is 22.4 Å². The first kappa shape index (κ1) is 24.4. The van der Waals surface area contributed by atoms with E-state index in [1.165, 1.54) is 17.0 Å². The number of amidine groups is 1. The molecule has 4 N–H and O–H groups in total. The number of rotatable bonds is 10. The fourth-order valence-corrected chi connectivity index (χ4v) is 2.80. The Balaban J connectivity index is 2.03. The zero-order valence-corrected chi connectivity index (χ0v) is 18.4. The summed E-state index contributed by atoms with van der Waals surface area (Å²) >= 11 is 0. The predicted octanol–water partition coefficient (Wildman–Crippen LogP) is 1.80. The van der Waals surface area contributed by atoms with Crippen LogP contribution in [0.4, 0.5) is 0 Å². The Morgan fingerprint density at radius 1 is 1.06 bits per heavy atom. The van der Waals surface area contributed by atoms with Crippen LogP contribution in [0, 0.1) is 5.41 Å². The van der Waals surface area contributed by atoms with Crippen molar-refractivity contribution < 1.29 is 23.9 Å². The van der Waals surface area contributed by atoms with Gasteiger partial charge in [-0.15, -0.1) is 0 Å². The number of amides is 2. The van der Waals surface area contributed by atoms with Crippen LogP contribution in [0.5, 0.6) is 5.75 Å². The number of ether oxygens (including phenoxy) is 2. The monoisotopic (exact) mass is 440 g/mol. The molecule has 0 aromatic heterocycles. The lowest BCUT2D eigenvalue weighted by Gasteiger charge is -2.18. The largest absolute Gasteiger partial charge is 0.493 e. The highest BCUT2D eigenvalue weighted by molar-refractivity contribution is 5.99. The van der Waals surface area contributed by atoms with Gasteiger partial charge in [0.2, 0.25) is 0 Å². The minimum atomic E-state index is -0.915. The van der Waals surface area contributed by atoms with Gasteiger partial charge in [-0.2, -0.15) is 0 Å². The highest BCUT2D eigenvalue weighted by atomic mass is 16.5. The summed E-state index contributed by atoms with van der Waals surface area (Å²) in [6.45, 7) is 1.98. The SMILES string of the molecule is CCOC(=O)[C@H](CCOc1cccc(C(=N)N)c1)NC(=O)c1ccc(C(=O)N(C)C)cc1. The zero-order chi connectivity index (χ0) is 23.7. The summed E-state index contributed by atoms with van der Waals surface area (Å²) in [4.78, 5) is 38.4. The van der Waals surface area contributed by atoms with Gasteiger partial charge in [-0.05, 0) is 43.3 Å². The summed E-state index contributed by atoms with van der Waals surface area (Å²) < 4.78 is 10.7. The number of nitrogens with one attached hydrogen (secondary N) is 2. The number of carbonyl (C=O) groups is 3. The Bertz CT molecular complexity index is 973. The van der Waals surface area contributed by atoms with Crippen molar-refractivity contribution in [2.24, 2.45) is 5.73 Å². The Hall–Kier alpha value is -3.88. The van der Waals surface area contributed by atoms with Gasteiger partial charge in [0, 0.05) is 37.2 Å². The maximum absolute atomic E-state index is 12.6. The number of nitrogens with two attached hydrogens (primary N) is 1.